The third-order valence-electron chi connectivity index (χ3n) is 17.4. The second-order valence-electron chi connectivity index (χ2n) is 20.6. The predicted molar refractivity (Wildman–Crippen MR) is 274 cm³/mol. The Bertz CT molecular complexity index is 3220. The van der Waals surface area contributed by atoms with E-state index in [9.17, 15) is 9.90 Å². The molecule has 3 saturated carbocycles. The van der Waals surface area contributed by atoms with Gasteiger partial charge >= 0.3 is 0 Å². The highest BCUT2D eigenvalue weighted by Crippen LogP contribution is 2.81. The molecule has 3 unspecified atom stereocenters. The van der Waals surface area contributed by atoms with Crippen LogP contribution in [0.2, 0.25) is 0 Å². The van der Waals surface area contributed by atoms with E-state index in [-0.39, 0.29) is 30.1 Å². The van der Waals surface area contributed by atoms with Crippen molar-refractivity contribution in [2.45, 2.75) is 83.5 Å². The number of nitrogens with zero attached hydrogens (tertiary/aromatic N) is 6. The molecule has 6 aliphatic rings. The van der Waals surface area contributed by atoms with Crippen LogP contribution in [0.5, 0.6) is 0 Å². The van der Waals surface area contributed by atoms with E-state index in [4.69, 9.17) is 9.97 Å². The molecule has 3 saturated heterocycles. The van der Waals surface area contributed by atoms with Crippen LogP contribution in [-0.2, 0) is 4.79 Å². The van der Waals surface area contributed by atoms with Crippen LogP contribution < -0.4 is 0 Å². The zero-order chi connectivity index (χ0) is 46.8. The van der Waals surface area contributed by atoms with Gasteiger partial charge in [-0.25, -0.2) is 9.97 Å². The van der Waals surface area contributed by atoms with Crippen LogP contribution in [0.1, 0.15) is 88.0 Å². The van der Waals surface area contributed by atoms with Crippen LogP contribution in [-0.4, -0.2) is 95.0 Å². The number of H-pyrrole nitrogens is 2. The van der Waals surface area contributed by atoms with Gasteiger partial charge in [0.15, 0.2) is 0 Å². The fourth-order valence-electron chi connectivity index (χ4n) is 13.6. The number of piperidine rings is 2. The van der Waals surface area contributed by atoms with Crippen molar-refractivity contribution in [1.82, 2.24) is 39.5 Å². The lowest BCUT2D eigenvalue weighted by molar-refractivity contribution is -0.138. The van der Waals surface area contributed by atoms with E-state index < -0.39 is 6.23 Å². The van der Waals surface area contributed by atoms with Crippen LogP contribution in [0, 0.1) is 29.6 Å². The summed E-state index contributed by atoms with van der Waals surface area (Å²) in [6.45, 7) is 14.4. The first-order valence-electron chi connectivity index (χ1n) is 25.7. The Labute approximate surface area is 404 Å². The number of fused-ring (bicyclic) bond motifs is 5. The Morgan fingerprint density at radius 3 is 1.74 bits per heavy atom. The van der Waals surface area contributed by atoms with E-state index in [2.05, 4.69) is 179 Å². The van der Waals surface area contributed by atoms with Crippen LogP contribution in [0.3, 0.4) is 0 Å². The molecule has 6 fully saturated rings. The zero-order valence-electron chi connectivity index (χ0n) is 40.2. The summed E-state index contributed by atoms with van der Waals surface area (Å²) in [5.74, 6) is 4.95. The lowest BCUT2D eigenvalue weighted by atomic mass is 9.97. The summed E-state index contributed by atoms with van der Waals surface area (Å²) in [7, 11) is 0. The number of aliphatic hydroxyl groups excluding tert-OH is 1. The molecule has 3 aliphatic heterocycles. The number of likely N-dealkylation sites (tertiary alicyclic amines) is 1. The zero-order valence-corrected chi connectivity index (χ0v) is 40.2. The second kappa shape index (κ2) is 16.5. The summed E-state index contributed by atoms with van der Waals surface area (Å²) in [6, 6.07) is 47.7. The van der Waals surface area contributed by atoms with Gasteiger partial charge in [0, 0.05) is 12.1 Å². The van der Waals surface area contributed by atoms with E-state index in [1.165, 1.54) is 10.8 Å². The standard InChI is InChI=1S/C59H62N8O2/c1-6-64(7-2)52(34-16-12-10-13-17-34)58(68)66-47(32-42-33(5)51(42)66)56-60-43-26-24-40(30-45(43)62-56)38-22-20-37-29-39(23-21-36(37)28-38)41-25-27-44-46(31-41)63-57(61-44)55-50-48-49(50)54(48)67(55)59(69)53(65(8-3)9-4)35-18-14-11-15-19-35/h10-31,33,42,47-55,58,68H,6-9,32H2,1-5H3,(H,60,62)(H,61,63)/t33-,42+,47+,48-,49?,50?,51-,52-,53-,54+,55+,58?/m1/s1. The largest absolute Gasteiger partial charge is 0.376 e. The highest BCUT2D eigenvalue weighted by Gasteiger charge is 2.86. The third kappa shape index (κ3) is 6.84. The van der Waals surface area contributed by atoms with Crippen LogP contribution in [0.15, 0.2) is 133 Å². The van der Waals surface area contributed by atoms with Gasteiger partial charge < -0.3 is 20.0 Å². The third-order valence-corrected chi connectivity index (χ3v) is 17.4. The molecule has 2 aromatic heterocycles. The van der Waals surface area contributed by atoms with Gasteiger partial charge in [-0.2, -0.15) is 0 Å². The van der Waals surface area contributed by atoms with Crippen molar-refractivity contribution in [1.29, 1.82) is 0 Å². The number of aromatic amines is 2. The fraction of sp³-hybridized carbons (Fsp3) is 0.373. The van der Waals surface area contributed by atoms with E-state index in [0.717, 1.165) is 99.7 Å². The Kier molecular flexibility index (Phi) is 10.2. The van der Waals surface area contributed by atoms with E-state index in [1.807, 2.05) is 18.2 Å². The fourth-order valence-corrected chi connectivity index (χ4v) is 13.6. The van der Waals surface area contributed by atoms with Crippen molar-refractivity contribution >= 4 is 38.7 Å². The first kappa shape index (κ1) is 42.9. The Morgan fingerprint density at radius 2 is 1.16 bits per heavy atom. The Balaban J connectivity index is 0.746. The smallest absolute Gasteiger partial charge is 0.245 e. The molecule has 5 heterocycles. The molecule has 12 atom stereocenters. The Morgan fingerprint density at radius 1 is 0.638 bits per heavy atom. The van der Waals surface area contributed by atoms with Gasteiger partial charge in [0.1, 0.15) is 23.9 Å². The quantitative estimate of drug-likeness (QED) is 0.0940. The maximum Gasteiger partial charge on any atom is 0.245 e. The van der Waals surface area contributed by atoms with Gasteiger partial charge in [-0.15, -0.1) is 0 Å². The maximum absolute atomic E-state index is 14.7. The minimum Gasteiger partial charge on any atom is -0.376 e. The molecule has 10 heteroatoms. The lowest BCUT2D eigenvalue weighted by Crippen LogP contribution is -2.48. The molecule has 14 rings (SSSR count). The highest BCUT2D eigenvalue weighted by atomic mass is 16.3. The average molecular weight is 915 g/mol. The number of carbonyl (C=O) groups excluding carboxylic acids is 1. The number of carbonyl (C=O) groups is 1. The van der Waals surface area contributed by atoms with E-state index >= 15 is 0 Å². The number of aliphatic hydroxyl groups is 1. The first-order chi connectivity index (χ1) is 33.8. The number of nitrogens with one attached hydrogen (secondary N) is 2. The number of imidazole rings is 2. The normalized spacial score (nSPS) is 26.8. The van der Waals surface area contributed by atoms with Crippen molar-refractivity contribution < 1.29 is 9.90 Å². The van der Waals surface area contributed by atoms with Gasteiger partial charge in [0.25, 0.3) is 0 Å². The van der Waals surface area contributed by atoms with Gasteiger partial charge in [-0.1, -0.05) is 132 Å². The number of hydrogen-bond donors (Lipinski definition) is 3. The summed E-state index contributed by atoms with van der Waals surface area (Å²) in [5, 5.41) is 14.8. The van der Waals surface area contributed by atoms with Crippen molar-refractivity contribution in [2.75, 3.05) is 26.2 Å². The number of hydrogen-bond acceptors (Lipinski definition) is 7. The van der Waals surface area contributed by atoms with E-state index in [1.54, 1.807) is 0 Å². The number of likely N-dealkylation sites (N-methyl/N-ethyl adjacent to an activating group) is 2. The summed E-state index contributed by atoms with van der Waals surface area (Å²) < 4.78 is 0. The predicted octanol–water partition coefficient (Wildman–Crippen LogP) is 10.9. The molecule has 3 N–H and O–H groups in total. The minimum atomic E-state index is -0.658. The molecular formula is C59H62N8O2. The molecule has 0 spiro atoms. The molecule has 6 aromatic carbocycles. The maximum atomic E-state index is 14.7. The highest BCUT2D eigenvalue weighted by molar-refractivity contribution is 5.93. The summed E-state index contributed by atoms with van der Waals surface area (Å²) in [5.41, 5.74) is 10.7. The molecule has 69 heavy (non-hydrogen) atoms. The van der Waals surface area contributed by atoms with Crippen LogP contribution >= 0.6 is 0 Å². The minimum absolute atomic E-state index is 0.0111. The van der Waals surface area contributed by atoms with Crippen molar-refractivity contribution in [3.63, 3.8) is 0 Å². The van der Waals surface area contributed by atoms with Crippen LogP contribution in [0.4, 0.5) is 0 Å². The van der Waals surface area contributed by atoms with Gasteiger partial charge in [0.05, 0.1) is 40.2 Å². The molecule has 0 radical (unpaired) electrons. The molecule has 10 nitrogen and oxygen atoms in total. The molecule has 2 bridgehead atoms. The first-order valence-corrected chi connectivity index (χ1v) is 25.7. The topological polar surface area (TPSA) is 108 Å². The number of aromatic nitrogens is 4. The van der Waals surface area contributed by atoms with Crippen molar-refractivity contribution in [3.8, 4) is 22.3 Å². The van der Waals surface area contributed by atoms with Gasteiger partial charge in [-0.05, 0) is 143 Å². The van der Waals surface area contributed by atoms with Gasteiger partial charge in [0.2, 0.25) is 5.91 Å². The number of amides is 1. The van der Waals surface area contributed by atoms with E-state index in [0.29, 0.717) is 41.7 Å². The summed E-state index contributed by atoms with van der Waals surface area (Å²) in [4.78, 5) is 41.7. The second-order valence-corrected chi connectivity index (χ2v) is 20.6. The molecule has 3 aliphatic carbocycles. The molecular weight excluding hydrogens is 853 g/mol. The summed E-state index contributed by atoms with van der Waals surface area (Å²) >= 11 is 0. The number of benzene rings is 6. The molecule has 8 aromatic rings. The lowest BCUT2D eigenvalue weighted by Gasteiger charge is -2.41. The van der Waals surface area contributed by atoms with Crippen LogP contribution in [0.25, 0.3) is 55.1 Å². The monoisotopic (exact) mass is 914 g/mol. The summed E-state index contributed by atoms with van der Waals surface area (Å²) in [6.07, 6.45) is 0.337. The Hall–Kier alpha value is -6.17. The number of rotatable bonds is 15. The average Bonchev–Trinajstić information content (AvgIpc) is 4.10. The van der Waals surface area contributed by atoms with Crippen molar-refractivity contribution in [2.24, 2.45) is 29.6 Å². The molecule has 350 valence electrons. The molecule has 1 amide bonds. The van der Waals surface area contributed by atoms with Crippen molar-refractivity contribution in [3.05, 3.63) is 156 Å². The van der Waals surface area contributed by atoms with Gasteiger partial charge in [-0.3, -0.25) is 19.5 Å². The SMILES string of the molecule is CCN(CC)[C@H](c1ccccc1)C(O)N1[C@@H]2[C@H](C)[C@@H]2C[C@H]1c1nc2ccc(-c3ccc4cc(-c5ccc6nc([C@@H]7C8C9[C@H]8[C@@H]9N7C(=O)[C@@H](c7ccccc7)N(CC)CC)[nH]c6c5)ccc4c3)cc2[nH]1.